The molecule has 0 spiro atoms. The SMILES string of the molecule is CC[C@H](C)[C@H](NC(=O)[C@@H](N)CC(C)C)C(=O)NCC(=O)N[C@@H](CCCN)C(=O)O. The first-order valence-electron chi connectivity index (χ1n) is 10.1. The number of hydrogen-bond donors (Lipinski definition) is 6. The smallest absolute Gasteiger partial charge is 0.326 e. The molecular formula is C19H37N5O5. The van der Waals surface area contributed by atoms with Crippen molar-refractivity contribution in [3.63, 3.8) is 0 Å². The van der Waals surface area contributed by atoms with E-state index in [1.807, 2.05) is 27.7 Å². The summed E-state index contributed by atoms with van der Waals surface area (Å²) in [4.78, 5) is 48.0. The Labute approximate surface area is 172 Å². The minimum absolute atomic E-state index is 0.176. The number of carbonyl (C=O) groups is 4. The summed E-state index contributed by atoms with van der Waals surface area (Å²) in [6.07, 6.45) is 1.76. The third-order valence-corrected chi connectivity index (χ3v) is 4.61. The van der Waals surface area contributed by atoms with Gasteiger partial charge in [-0.15, -0.1) is 0 Å². The highest BCUT2D eigenvalue weighted by Gasteiger charge is 2.28. The van der Waals surface area contributed by atoms with E-state index in [-0.39, 0.29) is 18.3 Å². The van der Waals surface area contributed by atoms with Crippen molar-refractivity contribution in [2.24, 2.45) is 23.3 Å². The Morgan fingerprint density at radius 1 is 1.03 bits per heavy atom. The van der Waals surface area contributed by atoms with Crippen LogP contribution in [0.3, 0.4) is 0 Å². The predicted molar refractivity (Wildman–Crippen MR) is 110 cm³/mol. The van der Waals surface area contributed by atoms with Gasteiger partial charge in [0.1, 0.15) is 12.1 Å². The van der Waals surface area contributed by atoms with Crippen molar-refractivity contribution < 1.29 is 24.3 Å². The van der Waals surface area contributed by atoms with Crippen LogP contribution in [0.2, 0.25) is 0 Å². The van der Waals surface area contributed by atoms with Gasteiger partial charge in [0.2, 0.25) is 17.7 Å². The quantitative estimate of drug-likeness (QED) is 0.217. The molecule has 4 atom stereocenters. The van der Waals surface area contributed by atoms with Gasteiger partial charge in [-0.2, -0.15) is 0 Å². The van der Waals surface area contributed by atoms with E-state index >= 15 is 0 Å². The Balaban J connectivity index is 4.83. The van der Waals surface area contributed by atoms with Crippen molar-refractivity contribution in [2.75, 3.05) is 13.1 Å². The largest absolute Gasteiger partial charge is 0.480 e. The first-order chi connectivity index (χ1) is 13.5. The van der Waals surface area contributed by atoms with Gasteiger partial charge in [0, 0.05) is 0 Å². The van der Waals surface area contributed by atoms with Crippen molar-refractivity contribution in [1.29, 1.82) is 0 Å². The highest BCUT2D eigenvalue weighted by molar-refractivity contribution is 5.92. The molecule has 0 aromatic heterocycles. The molecule has 0 aromatic carbocycles. The molecule has 0 aliphatic carbocycles. The molecule has 0 aliphatic heterocycles. The van der Waals surface area contributed by atoms with E-state index in [9.17, 15) is 19.2 Å². The van der Waals surface area contributed by atoms with Gasteiger partial charge in [-0.3, -0.25) is 14.4 Å². The number of nitrogens with one attached hydrogen (secondary N) is 3. The molecule has 10 heteroatoms. The van der Waals surface area contributed by atoms with Crippen LogP contribution in [-0.4, -0.2) is 60.0 Å². The van der Waals surface area contributed by atoms with Crippen LogP contribution in [0.15, 0.2) is 0 Å². The van der Waals surface area contributed by atoms with E-state index in [0.29, 0.717) is 25.8 Å². The average molecular weight is 416 g/mol. The summed E-state index contributed by atoms with van der Waals surface area (Å²) >= 11 is 0. The molecule has 0 rings (SSSR count). The number of rotatable bonds is 14. The summed E-state index contributed by atoms with van der Waals surface area (Å²) in [5.41, 5.74) is 11.2. The molecule has 168 valence electrons. The van der Waals surface area contributed by atoms with Crippen LogP contribution < -0.4 is 27.4 Å². The molecule has 0 bridgehead atoms. The van der Waals surface area contributed by atoms with Gasteiger partial charge in [-0.05, 0) is 37.6 Å². The molecule has 0 aromatic rings. The monoisotopic (exact) mass is 415 g/mol. The zero-order valence-corrected chi connectivity index (χ0v) is 17.9. The number of nitrogens with two attached hydrogens (primary N) is 2. The van der Waals surface area contributed by atoms with Crippen molar-refractivity contribution in [1.82, 2.24) is 16.0 Å². The van der Waals surface area contributed by atoms with Crippen LogP contribution in [-0.2, 0) is 19.2 Å². The first kappa shape index (κ1) is 26.8. The fourth-order valence-corrected chi connectivity index (χ4v) is 2.68. The second-order valence-corrected chi connectivity index (χ2v) is 7.71. The van der Waals surface area contributed by atoms with Gasteiger partial charge < -0.3 is 32.5 Å². The molecule has 0 fully saturated rings. The van der Waals surface area contributed by atoms with Gasteiger partial charge >= 0.3 is 5.97 Å². The minimum atomic E-state index is -1.16. The Kier molecular flexibility index (Phi) is 12.8. The third-order valence-electron chi connectivity index (χ3n) is 4.61. The van der Waals surface area contributed by atoms with Crippen LogP contribution in [0, 0.1) is 11.8 Å². The molecule has 0 saturated heterocycles. The Morgan fingerprint density at radius 2 is 1.66 bits per heavy atom. The van der Waals surface area contributed by atoms with Gasteiger partial charge in [0.05, 0.1) is 12.6 Å². The minimum Gasteiger partial charge on any atom is -0.480 e. The lowest BCUT2D eigenvalue weighted by Gasteiger charge is -2.25. The lowest BCUT2D eigenvalue weighted by molar-refractivity contribution is -0.142. The Bertz CT molecular complexity index is 555. The van der Waals surface area contributed by atoms with Crippen LogP contribution in [0.4, 0.5) is 0 Å². The van der Waals surface area contributed by atoms with E-state index in [1.165, 1.54) is 0 Å². The third kappa shape index (κ3) is 10.8. The molecule has 0 radical (unpaired) electrons. The van der Waals surface area contributed by atoms with Crippen LogP contribution >= 0.6 is 0 Å². The Morgan fingerprint density at radius 3 is 2.14 bits per heavy atom. The van der Waals surface area contributed by atoms with Crippen molar-refractivity contribution in [2.45, 2.75) is 71.5 Å². The summed E-state index contributed by atoms with van der Waals surface area (Å²) in [6.45, 7) is 7.50. The van der Waals surface area contributed by atoms with Crippen LogP contribution in [0.5, 0.6) is 0 Å². The molecule has 0 unspecified atom stereocenters. The summed E-state index contributed by atoms with van der Waals surface area (Å²) < 4.78 is 0. The topological polar surface area (TPSA) is 177 Å². The first-order valence-corrected chi connectivity index (χ1v) is 10.1. The van der Waals surface area contributed by atoms with Gasteiger partial charge in [-0.1, -0.05) is 34.1 Å². The highest BCUT2D eigenvalue weighted by Crippen LogP contribution is 2.10. The number of carbonyl (C=O) groups excluding carboxylic acids is 3. The summed E-state index contributed by atoms with van der Waals surface area (Å²) in [6, 6.07) is -2.63. The summed E-state index contributed by atoms with van der Waals surface area (Å²) in [7, 11) is 0. The van der Waals surface area contributed by atoms with E-state index in [0.717, 1.165) is 0 Å². The Hall–Kier alpha value is -2.20. The number of carboxylic acids is 1. The summed E-state index contributed by atoms with van der Waals surface area (Å²) in [5.74, 6) is -2.68. The maximum atomic E-state index is 12.5. The van der Waals surface area contributed by atoms with Crippen LogP contribution in [0.25, 0.3) is 0 Å². The van der Waals surface area contributed by atoms with Gasteiger partial charge in [-0.25, -0.2) is 4.79 Å². The fourth-order valence-electron chi connectivity index (χ4n) is 2.68. The van der Waals surface area contributed by atoms with E-state index < -0.39 is 48.4 Å². The molecule has 3 amide bonds. The molecule has 0 aliphatic rings. The molecule has 0 heterocycles. The molecule has 10 nitrogen and oxygen atoms in total. The zero-order valence-electron chi connectivity index (χ0n) is 17.9. The van der Waals surface area contributed by atoms with E-state index in [1.54, 1.807) is 0 Å². The molecular weight excluding hydrogens is 378 g/mol. The zero-order chi connectivity index (χ0) is 22.6. The predicted octanol–water partition coefficient (Wildman–Crippen LogP) is -0.685. The molecule has 0 saturated carbocycles. The van der Waals surface area contributed by atoms with Gasteiger partial charge in [0.15, 0.2) is 0 Å². The molecule has 8 N–H and O–H groups in total. The van der Waals surface area contributed by atoms with Crippen molar-refractivity contribution in [3.8, 4) is 0 Å². The summed E-state index contributed by atoms with van der Waals surface area (Å²) in [5, 5.41) is 16.6. The second-order valence-electron chi connectivity index (χ2n) is 7.71. The van der Waals surface area contributed by atoms with E-state index in [4.69, 9.17) is 16.6 Å². The average Bonchev–Trinajstić information content (AvgIpc) is 2.65. The maximum absolute atomic E-state index is 12.5. The maximum Gasteiger partial charge on any atom is 0.326 e. The van der Waals surface area contributed by atoms with Crippen LogP contribution in [0.1, 0.15) is 53.4 Å². The normalized spacial score (nSPS) is 15.1. The van der Waals surface area contributed by atoms with E-state index in [2.05, 4.69) is 16.0 Å². The number of aliphatic carboxylic acids is 1. The number of carboxylic acid groups (broad SMARTS) is 1. The van der Waals surface area contributed by atoms with Crippen molar-refractivity contribution in [3.05, 3.63) is 0 Å². The second kappa shape index (κ2) is 13.9. The standard InChI is InChI=1S/C19H37N5O5/c1-5-12(4)16(24-17(26)13(21)9-11(2)3)18(27)22-10-15(25)23-14(19(28)29)7-6-8-20/h11-14,16H,5-10,20-21H2,1-4H3,(H,22,27)(H,23,25)(H,24,26)(H,28,29)/t12-,13-,14-,16-/m0/s1. The van der Waals surface area contributed by atoms with Crippen molar-refractivity contribution >= 4 is 23.7 Å². The number of amides is 3. The van der Waals surface area contributed by atoms with Gasteiger partial charge in [0.25, 0.3) is 0 Å². The fraction of sp³-hybridized carbons (Fsp3) is 0.789. The lowest BCUT2D eigenvalue weighted by Crippen LogP contribution is -2.55. The highest BCUT2D eigenvalue weighted by atomic mass is 16.4. The lowest BCUT2D eigenvalue weighted by atomic mass is 9.97. The molecule has 29 heavy (non-hydrogen) atoms. The number of hydrogen-bond acceptors (Lipinski definition) is 6.